The minimum absolute atomic E-state index is 0.0379. The summed E-state index contributed by atoms with van der Waals surface area (Å²) in [6.07, 6.45) is 4.49. The zero-order valence-corrected chi connectivity index (χ0v) is 26.6. The van der Waals surface area contributed by atoms with Gasteiger partial charge in [0.25, 0.3) is 0 Å². The molecule has 7 nitrogen and oxygen atoms in total. The van der Waals surface area contributed by atoms with Crippen LogP contribution >= 0.6 is 0 Å². The topological polar surface area (TPSA) is 91.3 Å². The van der Waals surface area contributed by atoms with Crippen molar-refractivity contribution in [2.75, 3.05) is 26.4 Å². The van der Waals surface area contributed by atoms with E-state index in [1.165, 1.54) is 0 Å². The van der Waals surface area contributed by atoms with Crippen molar-refractivity contribution in [1.29, 1.82) is 0 Å². The molecule has 0 bridgehead atoms. The smallest absolute Gasteiger partial charge is 0.333 e. The van der Waals surface area contributed by atoms with Crippen molar-refractivity contribution in [3.05, 3.63) is 96.1 Å². The van der Waals surface area contributed by atoms with Gasteiger partial charge in [0.05, 0.1) is 6.61 Å². The number of rotatable bonds is 14. The van der Waals surface area contributed by atoms with E-state index in [4.69, 9.17) is 24.1 Å². The average Bonchev–Trinajstić information content (AvgIpc) is 3.04. The lowest BCUT2D eigenvalue weighted by atomic mass is 9.78. The average molecular weight is 613 g/mol. The molecular formula is C38H44O7. The van der Waals surface area contributed by atoms with E-state index in [1.54, 1.807) is 13.8 Å². The molecule has 7 heteroatoms. The highest BCUT2D eigenvalue weighted by Crippen LogP contribution is 2.42. The van der Waals surface area contributed by atoms with Crippen molar-refractivity contribution < 1.29 is 33.6 Å². The fourth-order valence-electron chi connectivity index (χ4n) is 5.49. The Kier molecular flexibility index (Phi) is 12.0. The molecule has 0 unspecified atom stereocenters. The first-order chi connectivity index (χ1) is 21.7. The first-order valence-corrected chi connectivity index (χ1v) is 15.6. The van der Waals surface area contributed by atoms with Crippen LogP contribution in [0.5, 0.6) is 11.5 Å². The molecular weight excluding hydrogens is 568 g/mol. The van der Waals surface area contributed by atoms with Gasteiger partial charge in [-0.15, -0.1) is 0 Å². The van der Waals surface area contributed by atoms with Gasteiger partial charge in [-0.3, -0.25) is 0 Å². The predicted molar refractivity (Wildman–Crippen MR) is 176 cm³/mol. The van der Waals surface area contributed by atoms with Crippen LogP contribution in [0.3, 0.4) is 0 Å². The molecule has 0 amide bonds. The lowest BCUT2D eigenvalue weighted by molar-refractivity contribution is -0.140. The second-order valence-corrected chi connectivity index (χ2v) is 11.8. The summed E-state index contributed by atoms with van der Waals surface area (Å²) >= 11 is 0. The van der Waals surface area contributed by atoms with Crippen LogP contribution in [0.25, 0.3) is 22.3 Å². The summed E-state index contributed by atoms with van der Waals surface area (Å²) in [5.74, 6) is 1.52. The van der Waals surface area contributed by atoms with Gasteiger partial charge in [-0.2, -0.15) is 0 Å². The summed E-state index contributed by atoms with van der Waals surface area (Å²) < 4.78 is 22.8. The van der Waals surface area contributed by atoms with Crippen LogP contribution in [0.4, 0.5) is 0 Å². The van der Waals surface area contributed by atoms with Gasteiger partial charge in [-0.05, 0) is 79.0 Å². The van der Waals surface area contributed by atoms with Crippen LogP contribution in [0.1, 0.15) is 63.5 Å². The highest BCUT2D eigenvalue weighted by Gasteiger charge is 2.24. The van der Waals surface area contributed by atoms with Crippen molar-refractivity contribution >= 4 is 11.9 Å². The molecule has 1 aliphatic rings. The van der Waals surface area contributed by atoms with E-state index < -0.39 is 11.9 Å². The summed E-state index contributed by atoms with van der Waals surface area (Å²) in [7, 11) is 0. The minimum Gasteiger partial charge on any atom is -0.491 e. The molecule has 1 fully saturated rings. The third-order valence-corrected chi connectivity index (χ3v) is 8.04. The Morgan fingerprint density at radius 1 is 0.756 bits per heavy atom. The van der Waals surface area contributed by atoms with Crippen LogP contribution in [0, 0.1) is 5.92 Å². The first kappa shape index (κ1) is 33.5. The highest BCUT2D eigenvalue weighted by molar-refractivity contribution is 5.87. The molecule has 0 spiro atoms. The van der Waals surface area contributed by atoms with Gasteiger partial charge in [-0.1, -0.05) is 75.4 Å². The largest absolute Gasteiger partial charge is 0.491 e. The second-order valence-electron chi connectivity index (χ2n) is 11.8. The Hall–Kier alpha value is -4.36. The standard InChI is InChI=1S/C38H44O7/c1-25(2)37(40)44-21-20-43-35-23-32(30-8-6-27(5)7-9-30)22-33(24-45-38(41)26(3)4)36(35)31-12-10-28(11-13-31)29-14-16-34(17-15-29)42-19-18-39/h10-17,22-23,27,30,39H,1,3,6-9,18-21,24H2,2,4-5H3. The van der Waals surface area contributed by atoms with Crippen LogP contribution < -0.4 is 9.47 Å². The van der Waals surface area contributed by atoms with Gasteiger partial charge in [0.2, 0.25) is 0 Å². The normalized spacial score (nSPS) is 16.0. The number of ether oxygens (including phenoxy) is 4. The number of benzene rings is 3. The van der Waals surface area contributed by atoms with E-state index in [2.05, 4.69) is 32.2 Å². The predicted octanol–water partition coefficient (Wildman–Crippen LogP) is 7.80. The summed E-state index contributed by atoms with van der Waals surface area (Å²) in [6.45, 7) is 13.4. The molecule has 0 saturated heterocycles. The summed E-state index contributed by atoms with van der Waals surface area (Å²) in [5, 5.41) is 9.01. The quantitative estimate of drug-likeness (QED) is 0.113. The lowest BCUT2D eigenvalue weighted by Gasteiger charge is -2.28. The van der Waals surface area contributed by atoms with Crippen molar-refractivity contribution in [3.63, 3.8) is 0 Å². The van der Waals surface area contributed by atoms with Gasteiger partial charge < -0.3 is 24.1 Å². The molecule has 0 aromatic heterocycles. The number of carbonyl (C=O) groups is 2. The maximum atomic E-state index is 12.5. The monoisotopic (exact) mass is 612 g/mol. The molecule has 0 heterocycles. The molecule has 0 aliphatic heterocycles. The number of esters is 2. The Morgan fingerprint density at radius 3 is 1.93 bits per heavy atom. The molecule has 238 valence electrons. The molecule has 45 heavy (non-hydrogen) atoms. The molecule has 3 aromatic carbocycles. The van der Waals surface area contributed by atoms with E-state index >= 15 is 0 Å². The molecule has 0 radical (unpaired) electrons. The number of carbonyl (C=O) groups excluding carboxylic acids is 2. The molecule has 0 atom stereocenters. The summed E-state index contributed by atoms with van der Waals surface area (Å²) in [5.41, 5.74) is 6.42. The van der Waals surface area contributed by atoms with Crippen LogP contribution in [-0.4, -0.2) is 43.5 Å². The zero-order valence-electron chi connectivity index (χ0n) is 26.6. The third-order valence-electron chi connectivity index (χ3n) is 8.04. The van der Waals surface area contributed by atoms with Crippen molar-refractivity contribution in [3.8, 4) is 33.8 Å². The number of aliphatic hydroxyl groups excluding tert-OH is 1. The first-order valence-electron chi connectivity index (χ1n) is 15.6. The van der Waals surface area contributed by atoms with Crippen LogP contribution in [0.2, 0.25) is 0 Å². The summed E-state index contributed by atoms with van der Waals surface area (Å²) in [4.78, 5) is 24.4. The summed E-state index contributed by atoms with van der Waals surface area (Å²) in [6, 6.07) is 20.1. The van der Waals surface area contributed by atoms with E-state index in [9.17, 15) is 9.59 Å². The SMILES string of the molecule is C=C(C)C(=O)OCCOc1cc(C2CCC(C)CC2)cc(COC(=O)C(=C)C)c1-c1ccc(-c2ccc(OCCO)cc2)cc1. The second kappa shape index (κ2) is 16.1. The maximum Gasteiger partial charge on any atom is 0.333 e. The molecule has 1 aliphatic carbocycles. The van der Waals surface area contributed by atoms with E-state index in [0.29, 0.717) is 34.5 Å². The van der Waals surface area contributed by atoms with Gasteiger partial charge in [0.15, 0.2) is 0 Å². The van der Waals surface area contributed by atoms with E-state index in [1.807, 2.05) is 48.5 Å². The van der Waals surface area contributed by atoms with Gasteiger partial charge >= 0.3 is 11.9 Å². The fourth-order valence-corrected chi connectivity index (χ4v) is 5.49. The van der Waals surface area contributed by atoms with Crippen LogP contribution in [-0.2, 0) is 25.7 Å². The lowest BCUT2D eigenvalue weighted by Crippen LogP contribution is -2.15. The van der Waals surface area contributed by atoms with Gasteiger partial charge in [0.1, 0.15) is 37.9 Å². The van der Waals surface area contributed by atoms with Gasteiger partial charge in [-0.25, -0.2) is 9.59 Å². The Morgan fingerprint density at radius 2 is 1.33 bits per heavy atom. The molecule has 4 rings (SSSR count). The van der Waals surface area contributed by atoms with Crippen molar-refractivity contribution in [2.24, 2.45) is 5.92 Å². The van der Waals surface area contributed by atoms with E-state index in [-0.39, 0.29) is 33.0 Å². The number of aliphatic hydroxyl groups is 1. The number of hydrogen-bond donors (Lipinski definition) is 1. The zero-order chi connectivity index (χ0) is 32.3. The fraction of sp³-hybridized carbons (Fsp3) is 0.368. The van der Waals surface area contributed by atoms with E-state index in [0.717, 1.165) is 59.1 Å². The van der Waals surface area contributed by atoms with Crippen molar-refractivity contribution in [1.82, 2.24) is 0 Å². The molecule has 1 saturated carbocycles. The number of hydrogen-bond acceptors (Lipinski definition) is 7. The molecule has 1 N–H and O–H groups in total. The Balaban J connectivity index is 1.70. The third kappa shape index (κ3) is 9.32. The highest BCUT2D eigenvalue weighted by atomic mass is 16.6. The Labute approximate surface area is 266 Å². The van der Waals surface area contributed by atoms with Crippen molar-refractivity contribution in [2.45, 2.75) is 59.0 Å². The molecule has 3 aromatic rings. The van der Waals surface area contributed by atoms with Crippen LogP contribution in [0.15, 0.2) is 85.0 Å². The minimum atomic E-state index is -0.458. The van der Waals surface area contributed by atoms with Gasteiger partial charge in [0, 0.05) is 22.3 Å². The maximum absolute atomic E-state index is 12.5. The Bertz CT molecular complexity index is 1480.